The van der Waals surface area contributed by atoms with Crippen molar-refractivity contribution >= 4 is 37.5 Å². The molecule has 0 nitrogen and oxygen atoms in total. The van der Waals surface area contributed by atoms with E-state index < -0.39 is 0 Å². The highest BCUT2D eigenvalue weighted by atomic mass is 79.9. The topological polar surface area (TPSA) is 0 Å². The second-order valence-electron chi connectivity index (χ2n) is 8.63. The van der Waals surface area contributed by atoms with E-state index in [2.05, 4.69) is 131 Å². The van der Waals surface area contributed by atoms with E-state index in [0.717, 1.165) is 4.47 Å². The maximum atomic E-state index is 3.80. The van der Waals surface area contributed by atoms with Crippen molar-refractivity contribution in [1.82, 2.24) is 0 Å². The lowest BCUT2D eigenvalue weighted by atomic mass is 9.86. The maximum absolute atomic E-state index is 3.80. The third kappa shape index (κ3) is 2.70. The Morgan fingerprint density at radius 1 is 0.424 bits per heavy atom. The number of benzene rings is 6. The van der Waals surface area contributed by atoms with Gasteiger partial charge in [-0.05, 0) is 78.2 Å². The van der Waals surface area contributed by atoms with Crippen molar-refractivity contribution < 1.29 is 0 Å². The number of halogens is 1. The van der Waals surface area contributed by atoms with Gasteiger partial charge in [-0.2, -0.15) is 0 Å². The number of rotatable bonds is 2. The lowest BCUT2D eigenvalue weighted by molar-refractivity contribution is 1.62. The summed E-state index contributed by atoms with van der Waals surface area (Å²) in [5.74, 6) is 0. The molecule has 0 spiro atoms. The molecule has 0 aromatic heterocycles. The average Bonchev–Trinajstić information content (AvgIpc) is 3.22. The zero-order valence-electron chi connectivity index (χ0n) is 17.8. The van der Waals surface area contributed by atoms with Gasteiger partial charge in [0.1, 0.15) is 0 Å². The molecule has 0 aliphatic heterocycles. The van der Waals surface area contributed by atoms with Crippen molar-refractivity contribution in [2.45, 2.75) is 0 Å². The van der Waals surface area contributed by atoms with Gasteiger partial charge in [0.25, 0.3) is 0 Å². The summed E-state index contributed by atoms with van der Waals surface area (Å²) in [6.07, 6.45) is 0. The molecule has 0 N–H and O–H groups in total. The quantitative estimate of drug-likeness (QED) is 0.230. The highest BCUT2D eigenvalue weighted by Gasteiger charge is 2.28. The van der Waals surface area contributed by atoms with Crippen LogP contribution in [0.5, 0.6) is 0 Å². The van der Waals surface area contributed by atoms with Gasteiger partial charge in [-0.25, -0.2) is 0 Å². The zero-order valence-corrected chi connectivity index (χ0v) is 19.4. The zero-order chi connectivity index (χ0) is 21.9. The first-order chi connectivity index (χ1) is 16.3. The second kappa shape index (κ2) is 7.16. The Kier molecular flexibility index (Phi) is 4.09. The van der Waals surface area contributed by atoms with Crippen LogP contribution in [0.4, 0.5) is 0 Å². The molecule has 0 fully saturated rings. The largest absolute Gasteiger partial charge is 0.0622 e. The van der Waals surface area contributed by atoms with Gasteiger partial charge in [-0.1, -0.05) is 119 Å². The lowest BCUT2D eigenvalue weighted by Gasteiger charge is -2.17. The van der Waals surface area contributed by atoms with E-state index in [1.54, 1.807) is 0 Å². The monoisotopic (exact) mass is 482 g/mol. The fourth-order valence-electron chi connectivity index (χ4n) is 5.50. The normalized spacial score (nSPS) is 11.8. The van der Waals surface area contributed by atoms with Crippen molar-refractivity contribution in [3.05, 3.63) is 120 Å². The van der Waals surface area contributed by atoms with Gasteiger partial charge in [-0.15, -0.1) is 0 Å². The van der Waals surface area contributed by atoms with Crippen molar-refractivity contribution in [3.8, 4) is 44.5 Å². The van der Waals surface area contributed by atoms with Gasteiger partial charge in [-0.3, -0.25) is 0 Å². The molecule has 0 unspecified atom stereocenters. The number of fused-ring (bicyclic) bond motifs is 5. The summed E-state index contributed by atoms with van der Waals surface area (Å²) < 4.78 is 1.14. The fourth-order valence-corrected chi connectivity index (χ4v) is 5.96. The predicted octanol–water partition coefficient (Wildman–Crippen LogP) is 9.74. The molecule has 1 heteroatoms. The highest BCUT2D eigenvalue weighted by molar-refractivity contribution is 9.10. The van der Waals surface area contributed by atoms with Crippen LogP contribution in [0.1, 0.15) is 0 Å². The molecule has 7 rings (SSSR count). The number of hydrogen-bond donors (Lipinski definition) is 0. The predicted molar refractivity (Wildman–Crippen MR) is 144 cm³/mol. The minimum absolute atomic E-state index is 1.14. The molecular weight excluding hydrogens is 464 g/mol. The third-order valence-corrected chi connectivity index (χ3v) is 7.55. The van der Waals surface area contributed by atoms with Gasteiger partial charge in [0, 0.05) is 4.47 Å². The van der Waals surface area contributed by atoms with Crippen LogP contribution in [-0.2, 0) is 0 Å². The van der Waals surface area contributed by atoms with Crippen LogP contribution in [-0.4, -0.2) is 0 Å². The Morgan fingerprint density at radius 2 is 1.06 bits per heavy atom. The molecular formula is C32H19Br. The molecule has 0 saturated heterocycles. The van der Waals surface area contributed by atoms with Crippen molar-refractivity contribution in [2.75, 3.05) is 0 Å². The van der Waals surface area contributed by atoms with Crippen molar-refractivity contribution in [1.29, 1.82) is 0 Å². The molecule has 0 bridgehead atoms. The maximum Gasteiger partial charge on any atom is 0.0254 e. The van der Waals surface area contributed by atoms with Crippen LogP contribution < -0.4 is 0 Å². The molecule has 0 saturated carbocycles. The minimum atomic E-state index is 1.14. The first-order valence-electron chi connectivity index (χ1n) is 11.2. The molecule has 0 atom stereocenters. The fraction of sp³-hybridized carbons (Fsp3) is 0. The van der Waals surface area contributed by atoms with Gasteiger partial charge in [0.15, 0.2) is 0 Å². The Bertz CT molecular complexity index is 1700. The second-order valence-corrected chi connectivity index (χ2v) is 9.49. The first kappa shape index (κ1) is 18.8. The minimum Gasteiger partial charge on any atom is -0.0622 e. The molecule has 0 amide bonds. The Labute approximate surface area is 201 Å². The van der Waals surface area contributed by atoms with Crippen molar-refractivity contribution in [2.24, 2.45) is 0 Å². The molecule has 0 heterocycles. The number of hydrogen-bond acceptors (Lipinski definition) is 0. The van der Waals surface area contributed by atoms with Crippen LogP contribution in [0.25, 0.3) is 66.1 Å². The summed E-state index contributed by atoms with van der Waals surface area (Å²) in [6.45, 7) is 0. The molecule has 1 aliphatic carbocycles. The Morgan fingerprint density at radius 3 is 1.82 bits per heavy atom. The van der Waals surface area contributed by atoms with E-state index in [9.17, 15) is 0 Å². The Balaban J connectivity index is 1.72. The van der Waals surface area contributed by atoms with Crippen LogP contribution in [0.2, 0.25) is 0 Å². The summed E-state index contributed by atoms with van der Waals surface area (Å²) in [7, 11) is 0. The van der Waals surface area contributed by atoms with Gasteiger partial charge in [0.05, 0.1) is 0 Å². The van der Waals surface area contributed by atoms with E-state index in [0.29, 0.717) is 0 Å². The summed E-state index contributed by atoms with van der Waals surface area (Å²) in [5, 5.41) is 5.22. The van der Waals surface area contributed by atoms with Crippen LogP contribution in [0, 0.1) is 0 Å². The molecule has 6 aromatic carbocycles. The first-order valence-corrected chi connectivity index (χ1v) is 12.0. The van der Waals surface area contributed by atoms with E-state index >= 15 is 0 Å². The Hall–Kier alpha value is -3.68. The van der Waals surface area contributed by atoms with E-state index in [-0.39, 0.29) is 0 Å². The van der Waals surface area contributed by atoms with Crippen LogP contribution in [0.3, 0.4) is 0 Å². The standard InChI is InChI=1S/C32H19Br/c33-28-18-17-26-30-24(28)15-8-16-25(30)31-27(21-11-5-2-6-12-21)19-22-13-7-14-23(29(22)32(26)31)20-9-3-1-4-10-20/h1-19H. The molecule has 1 aliphatic rings. The summed E-state index contributed by atoms with van der Waals surface area (Å²) in [5.41, 5.74) is 10.4. The lowest BCUT2D eigenvalue weighted by Crippen LogP contribution is -1.90. The van der Waals surface area contributed by atoms with Gasteiger partial charge < -0.3 is 0 Å². The van der Waals surface area contributed by atoms with E-state index in [1.165, 1.54) is 66.1 Å². The average molecular weight is 483 g/mol. The summed E-state index contributed by atoms with van der Waals surface area (Å²) >= 11 is 3.80. The molecule has 33 heavy (non-hydrogen) atoms. The third-order valence-electron chi connectivity index (χ3n) is 6.86. The van der Waals surface area contributed by atoms with Gasteiger partial charge in [0.2, 0.25) is 0 Å². The molecule has 0 radical (unpaired) electrons. The summed E-state index contributed by atoms with van der Waals surface area (Å²) in [4.78, 5) is 0. The van der Waals surface area contributed by atoms with Crippen LogP contribution >= 0.6 is 15.9 Å². The summed E-state index contributed by atoms with van der Waals surface area (Å²) in [6, 6.07) is 41.8. The van der Waals surface area contributed by atoms with E-state index in [4.69, 9.17) is 0 Å². The molecule has 6 aromatic rings. The van der Waals surface area contributed by atoms with E-state index in [1.807, 2.05) is 0 Å². The smallest absolute Gasteiger partial charge is 0.0254 e. The van der Waals surface area contributed by atoms with Crippen molar-refractivity contribution in [3.63, 3.8) is 0 Å². The van der Waals surface area contributed by atoms with Crippen LogP contribution in [0.15, 0.2) is 120 Å². The van der Waals surface area contributed by atoms with Gasteiger partial charge >= 0.3 is 0 Å². The molecule has 154 valence electrons. The highest BCUT2D eigenvalue weighted by Crippen LogP contribution is 2.56. The SMILES string of the molecule is Brc1ccc2c3c(cccc13)-c1c(-c3ccccc3)cc3cccc(-c4ccccc4)c3c1-2.